The minimum atomic E-state index is -3.31. The van der Waals surface area contributed by atoms with Crippen LogP contribution in [-0.2, 0) is 14.8 Å². The van der Waals surface area contributed by atoms with Crippen LogP contribution in [0.1, 0.15) is 12.8 Å². The summed E-state index contributed by atoms with van der Waals surface area (Å²) in [5.41, 5.74) is 0.193. The lowest BCUT2D eigenvalue weighted by atomic mass is 9.98. The summed E-state index contributed by atoms with van der Waals surface area (Å²) in [5, 5.41) is 2.41. The Kier molecular flexibility index (Phi) is 4.85. The maximum atomic E-state index is 13.3. The molecule has 2 rings (SSSR count). The molecule has 0 radical (unpaired) electrons. The molecule has 1 saturated heterocycles. The van der Waals surface area contributed by atoms with Gasteiger partial charge in [0, 0.05) is 13.1 Å². The molecule has 1 aromatic rings. The predicted octanol–water partition coefficient (Wildman–Crippen LogP) is 2.09. The number of anilines is 1. The minimum absolute atomic E-state index is 0.137. The van der Waals surface area contributed by atoms with Gasteiger partial charge in [-0.15, -0.1) is 0 Å². The van der Waals surface area contributed by atoms with Gasteiger partial charge in [-0.05, 0) is 25.0 Å². The molecule has 1 aromatic carbocycles. The Labute approximate surface area is 128 Å². The zero-order valence-corrected chi connectivity index (χ0v) is 13.0. The van der Waals surface area contributed by atoms with Crippen molar-refractivity contribution < 1.29 is 17.6 Å². The van der Waals surface area contributed by atoms with Gasteiger partial charge in [-0.25, -0.2) is 17.1 Å². The molecular formula is C13H16ClFN2O3S. The molecule has 1 N–H and O–H groups in total. The maximum absolute atomic E-state index is 13.3. The summed E-state index contributed by atoms with van der Waals surface area (Å²) in [6, 6.07) is 4.14. The number of piperidine rings is 1. The van der Waals surface area contributed by atoms with Crippen molar-refractivity contribution >= 4 is 33.2 Å². The van der Waals surface area contributed by atoms with Crippen LogP contribution < -0.4 is 5.32 Å². The van der Waals surface area contributed by atoms with Crippen molar-refractivity contribution in [2.45, 2.75) is 12.8 Å². The molecule has 1 heterocycles. The van der Waals surface area contributed by atoms with Gasteiger partial charge in [-0.2, -0.15) is 0 Å². The van der Waals surface area contributed by atoms with E-state index in [4.69, 9.17) is 11.6 Å². The fourth-order valence-corrected chi connectivity index (χ4v) is 3.38. The summed E-state index contributed by atoms with van der Waals surface area (Å²) in [6.45, 7) is 0.556. The molecule has 21 heavy (non-hydrogen) atoms. The van der Waals surface area contributed by atoms with E-state index in [9.17, 15) is 17.6 Å². The largest absolute Gasteiger partial charge is 0.324 e. The Morgan fingerprint density at radius 1 is 1.48 bits per heavy atom. The van der Waals surface area contributed by atoms with Crippen LogP contribution in [0.2, 0.25) is 5.02 Å². The van der Waals surface area contributed by atoms with Crippen molar-refractivity contribution in [2.75, 3.05) is 24.7 Å². The van der Waals surface area contributed by atoms with E-state index < -0.39 is 21.8 Å². The van der Waals surface area contributed by atoms with Gasteiger partial charge in [0.2, 0.25) is 15.9 Å². The van der Waals surface area contributed by atoms with Gasteiger partial charge in [-0.3, -0.25) is 4.79 Å². The monoisotopic (exact) mass is 334 g/mol. The van der Waals surface area contributed by atoms with Gasteiger partial charge >= 0.3 is 0 Å². The number of nitrogens with one attached hydrogen (secondary N) is 1. The van der Waals surface area contributed by atoms with Gasteiger partial charge in [0.25, 0.3) is 0 Å². The van der Waals surface area contributed by atoms with Crippen molar-refractivity contribution in [1.29, 1.82) is 0 Å². The van der Waals surface area contributed by atoms with E-state index >= 15 is 0 Å². The molecule has 8 heteroatoms. The third-order valence-electron chi connectivity index (χ3n) is 3.43. The van der Waals surface area contributed by atoms with Crippen LogP contribution in [0.5, 0.6) is 0 Å². The molecule has 0 saturated carbocycles. The highest BCUT2D eigenvalue weighted by molar-refractivity contribution is 7.88. The van der Waals surface area contributed by atoms with Gasteiger partial charge in [0.15, 0.2) is 0 Å². The molecule has 0 bridgehead atoms. The molecule has 0 aromatic heterocycles. The zero-order valence-electron chi connectivity index (χ0n) is 11.5. The number of rotatable bonds is 3. The summed E-state index contributed by atoms with van der Waals surface area (Å²) in [5.74, 6) is -1.43. The molecule has 1 unspecified atom stereocenters. The Hall–Kier alpha value is -1.18. The van der Waals surface area contributed by atoms with E-state index in [0.29, 0.717) is 19.4 Å². The van der Waals surface area contributed by atoms with E-state index in [-0.39, 0.29) is 23.2 Å². The van der Waals surface area contributed by atoms with Crippen LogP contribution in [0.3, 0.4) is 0 Å². The summed E-state index contributed by atoms with van der Waals surface area (Å²) in [7, 11) is -3.31. The fourth-order valence-electron chi connectivity index (χ4n) is 2.29. The Balaban J connectivity index is 2.08. The quantitative estimate of drug-likeness (QED) is 0.920. The van der Waals surface area contributed by atoms with E-state index in [1.165, 1.54) is 22.5 Å². The fraction of sp³-hybridized carbons (Fsp3) is 0.462. The molecule has 1 fully saturated rings. The average Bonchev–Trinajstić information content (AvgIpc) is 2.43. The number of nitrogens with zero attached hydrogens (tertiary/aromatic N) is 1. The van der Waals surface area contributed by atoms with Crippen LogP contribution in [0.25, 0.3) is 0 Å². The number of hydrogen-bond acceptors (Lipinski definition) is 3. The highest BCUT2D eigenvalue weighted by Gasteiger charge is 2.30. The summed E-state index contributed by atoms with van der Waals surface area (Å²) < 4.78 is 37.7. The number of sulfonamides is 1. The molecule has 1 amide bonds. The molecular weight excluding hydrogens is 319 g/mol. The first-order valence-corrected chi connectivity index (χ1v) is 8.71. The first-order chi connectivity index (χ1) is 9.79. The van der Waals surface area contributed by atoms with E-state index in [1.54, 1.807) is 0 Å². The molecule has 1 atom stereocenters. The van der Waals surface area contributed by atoms with Gasteiger partial charge < -0.3 is 5.32 Å². The van der Waals surface area contributed by atoms with Crippen LogP contribution in [0, 0.1) is 11.7 Å². The highest BCUT2D eigenvalue weighted by atomic mass is 35.5. The van der Waals surface area contributed by atoms with Crippen molar-refractivity contribution in [3.8, 4) is 0 Å². The van der Waals surface area contributed by atoms with Crippen molar-refractivity contribution in [2.24, 2.45) is 5.92 Å². The number of amides is 1. The van der Waals surface area contributed by atoms with E-state index in [1.807, 2.05) is 0 Å². The maximum Gasteiger partial charge on any atom is 0.228 e. The van der Waals surface area contributed by atoms with E-state index in [2.05, 4.69) is 5.32 Å². The summed E-state index contributed by atoms with van der Waals surface area (Å²) >= 11 is 5.78. The van der Waals surface area contributed by atoms with Crippen molar-refractivity contribution in [1.82, 2.24) is 4.31 Å². The molecule has 116 valence electrons. The molecule has 1 aliphatic heterocycles. The summed E-state index contributed by atoms with van der Waals surface area (Å²) in [6.07, 6.45) is 2.32. The van der Waals surface area contributed by atoms with Crippen LogP contribution in [0.4, 0.5) is 10.1 Å². The van der Waals surface area contributed by atoms with Crippen LogP contribution >= 0.6 is 11.6 Å². The lowest BCUT2D eigenvalue weighted by Crippen LogP contribution is -2.43. The smallest absolute Gasteiger partial charge is 0.228 e. The molecule has 0 spiro atoms. The molecule has 0 aliphatic carbocycles. The number of hydrogen-bond donors (Lipinski definition) is 1. The summed E-state index contributed by atoms with van der Waals surface area (Å²) in [4.78, 5) is 12.2. The third-order valence-corrected chi connectivity index (χ3v) is 5.09. The molecule has 5 nitrogen and oxygen atoms in total. The van der Waals surface area contributed by atoms with Crippen LogP contribution in [0.15, 0.2) is 18.2 Å². The number of halogens is 2. The highest BCUT2D eigenvalue weighted by Crippen LogP contribution is 2.26. The average molecular weight is 335 g/mol. The lowest BCUT2D eigenvalue weighted by Gasteiger charge is -2.30. The normalized spacial score (nSPS) is 20.2. The Bertz CT molecular complexity index is 651. The van der Waals surface area contributed by atoms with E-state index in [0.717, 1.165) is 6.26 Å². The lowest BCUT2D eigenvalue weighted by molar-refractivity contribution is -0.120. The van der Waals surface area contributed by atoms with Crippen molar-refractivity contribution in [3.05, 3.63) is 29.0 Å². The van der Waals surface area contributed by atoms with Crippen molar-refractivity contribution in [3.63, 3.8) is 0 Å². The first kappa shape index (κ1) is 16.2. The minimum Gasteiger partial charge on any atom is -0.324 e. The topological polar surface area (TPSA) is 66.5 Å². The SMILES string of the molecule is CS(=O)(=O)N1CCCC(C(=O)Nc2cccc(F)c2Cl)C1. The zero-order chi connectivity index (χ0) is 15.6. The van der Waals surface area contributed by atoms with Gasteiger partial charge in [-0.1, -0.05) is 17.7 Å². The van der Waals surface area contributed by atoms with Crippen LogP contribution in [-0.4, -0.2) is 38.0 Å². The third kappa shape index (κ3) is 3.93. The van der Waals surface area contributed by atoms with Gasteiger partial charge in [0.05, 0.1) is 22.9 Å². The molecule has 1 aliphatic rings. The Morgan fingerprint density at radius 2 is 2.19 bits per heavy atom. The second kappa shape index (κ2) is 6.29. The number of carbonyl (C=O) groups is 1. The standard InChI is InChI=1S/C13H16ClFN2O3S/c1-21(19,20)17-7-3-4-9(8-17)13(18)16-11-6-2-5-10(15)12(11)14/h2,5-6,9H,3-4,7-8H2,1H3,(H,16,18). The first-order valence-electron chi connectivity index (χ1n) is 6.49. The number of benzene rings is 1. The second-order valence-corrected chi connectivity index (χ2v) is 7.41. The van der Waals surface area contributed by atoms with Gasteiger partial charge in [0.1, 0.15) is 5.82 Å². The predicted molar refractivity (Wildman–Crippen MR) is 79.2 cm³/mol. The number of carbonyl (C=O) groups excluding carboxylic acids is 1. The Morgan fingerprint density at radius 3 is 2.86 bits per heavy atom. The second-order valence-electron chi connectivity index (χ2n) is 5.05.